The molecule has 0 saturated carbocycles. The number of nitrogens with zero attached hydrogens (tertiary/aromatic N) is 1. The maximum Gasteiger partial charge on any atom is 0.178 e. The van der Waals surface area contributed by atoms with Gasteiger partial charge in [-0.3, -0.25) is 4.90 Å². The molecule has 1 atom stereocenters. The van der Waals surface area contributed by atoms with Gasteiger partial charge < -0.3 is 14.5 Å². The molecule has 4 rings (SSSR count). The number of methoxy groups -OCH3 is 2. The number of benzene rings is 2. The van der Waals surface area contributed by atoms with Crippen LogP contribution in [0.3, 0.4) is 0 Å². The van der Waals surface area contributed by atoms with Gasteiger partial charge in [-0.1, -0.05) is 38.0 Å². The normalized spacial score (nSPS) is 17.3. The van der Waals surface area contributed by atoms with Crippen LogP contribution in [-0.4, -0.2) is 44.8 Å². The van der Waals surface area contributed by atoms with Crippen LogP contribution in [0.2, 0.25) is 0 Å². The number of rotatable bonds is 8. The van der Waals surface area contributed by atoms with E-state index in [1.54, 1.807) is 39.3 Å². The maximum absolute atomic E-state index is 12.4. The third-order valence-corrected chi connectivity index (χ3v) is 8.41. The van der Waals surface area contributed by atoms with Crippen molar-refractivity contribution in [1.29, 1.82) is 0 Å². The fourth-order valence-corrected chi connectivity index (χ4v) is 5.72. The molecule has 3 aromatic rings. The molecule has 6 nitrogen and oxygen atoms in total. The second-order valence-electron chi connectivity index (χ2n) is 8.74. The molecule has 182 valence electrons. The number of H-pyrrole nitrogens is 1. The largest absolute Gasteiger partial charge is 0.496 e. The molecule has 1 aliphatic rings. The van der Waals surface area contributed by atoms with Crippen LogP contribution >= 0.6 is 0 Å². The highest BCUT2D eigenvalue weighted by atomic mass is 32.2. The van der Waals surface area contributed by atoms with Crippen LogP contribution in [0.25, 0.3) is 11.3 Å². The van der Waals surface area contributed by atoms with Gasteiger partial charge in [-0.15, -0.1) is 0 Å². The van der Waals surface area contributed by atoms with Crippen LogP contribution in [0.4, 0.5) is 0 Å². The summed E-state index contributed by atoms with van der Waals surface area (Å²) in [5, 5.41) is 0. The van der Waals surface area contributed by atoms with Crippen LogP contribution in [0.5, 0.6) is 11.5 Å². The summed E-state index contributed by atoms with van der Waals surface area (Å²) in [4.78, 5) is 6.36. The van der Waals surface area contributed by atoms with Crippen molar-refractivity contribution in [2.45, 2.75) is 50.1 Å². The first kappa shape index (κ1) is 24.4. The summed E-state index contributed by atoms with van der Waals surface area (Å²) in [6.07, 6.45) is 4.70. The van der Waals surface area contributed by atoms with Crippen molar-refractivity contribution < 1.29 is 17.9 Å². The average Bonchev–Trinajstić information content (AvgIpc) is 3.21. The predicted octanol–water partition coefficient (Wildman–Crippen LogP) is 5.61. The maximum atomic E-state index is 12.4. The Morgan fingerprint density at radius 3 is 2.53 bits per heavy atom. The van der Waals surface area contributed by atoms with Crippen LogP contribution < -0.4 is 9.47 Å². The number of aromatic amines is 1. The van der Waals surface area contributed by atoms with Crippen molar-refractivity contribution in [3.63, 3.8) is 0 Å². The molecule has 1 saturated heterocycles. The lowest BCUT2D eigenvalue weighted by molar-refractivity contribution is 0.187. The number of hydrogen-bond donors (Lipinski definition) is 1. The standard InChI is InChI=1S/C27H34N2O4S/c1-4-34(30,31)21-14-16-27(33-3)23(18-21)24-15-13-20(28-24)19-29-17-9-5-6-11-25(29)22-10-7-8-12-26(22)32-2/h7-8,10,12-16,18,25,28H,4-6,9,11,17,19H2,1-3H3. The lowest BCUT2D eigenvalue weighted by Crippen LogP contribution is -2.28. The van der Waals surface area contributed by atoms with Gasteiger partial charge in [0.2, 0.25) is 0 Å². The Morgan fingerprint density at radius 1 is 0.971 bits per heavy atom. The van der Waals surface area contributed by atoms with E-state index in [9.17, 15) is 8.42 Å². The van der Waals surface area contributed by atoms with Crippen LogP contribution in [0.1, 0.15) is 49.9 Å². The van der Waals surface area contributed by atoms with Gasteiger partial charge in [0.05, 0.1) is 24.9 Å². The van der Waals surface area contributed by atoms with E-state index in [1.807, 2.05) is 18.2 Å². The summed E-state index contributed by atoms with van der Waals surface area (Å²) in [6.45, 7) is 3.45. The molecule has 1 unspecified atom stereocenters. The Kier molecular flexibility index (Phi) is 7.63. The molecule has 34 heavy (non-hydrogen) atoms. The predicted molar refractivity (Wildman–Crippen MR) is 135 cm³/mol. The van der Waals surface area contributed by atoms with Crippen LogP contribution in [-0.2, 0) is 16.4 Å². The molecule has 2 heterocycles. The summed E-state index contributed by atoms with van der Waals surface area (Å²) in [5.41, 5.74) is 3.92. The molecule has 0 bridgehead atoms. The number of aromatic nitrogens is 1. The van der Waals surface area contributed by atoms with Gasteiger partial charge in [-0.25, -0.2) is 8.42 Å². The van der Waals surface area contributed by atoms with Crippen molar-refractivity contribution in [2.24, 2.45) is 0 Å². The van der Waals surface area contributed by atoms with E-state index in [1.165, 1.54) is 24.8 Å². The highest BCUT2D eigenvalue weighted by Gasteiger charge is 2.26. The van der Waals surface area contributed by atoms with Crippen molar-refractivity contribution in [2.75, 3.05) is 26.5 Å². The number of para-hydroxylation sites is 1. The van der Waals surface area contributed by atoms with Gasteiger partial charge in [0, 0.05) is 35.1 Å². The molecule has 1 aromatic heterocycles. The Labute approximate surface area is 202 Å². The Bertz CT molecular complexity index is 1220. The van der Waals surface area contributed by atoms with Crippen molar-refractivity contribution >= 4 is 9.84 Å². The minimum atomic E-state index is -3.31. The zero-order valence-electron chi connectivity index (χ0n) is 20.2. The van der Waals surface area contributed by atoms with E-state index in [2.05, 4.69) is 28.1 Å². The van der Waals surface area contributed by atoms with E-state index < -0.39 is 9.84 Å². The third-order valence-electron chi connectivity index (χ3n) is 6.68. The van der Waals surface area contributed by atoms with Gasteiger partial charge in [0.1, 0.15) is 11.5 Å². The monoisotopic (exact) mass is 482 g/mol. The van der Waals surface area contributed by atoms with Gasteiger partial charge in [0.25, 0.3) is 0 Å². The highest BCUT2D eigenvalue weighted by Crippen LogP contribution is 2.37. The molecule has 0 amide bonds. The fraction of sp³-hybridized carbons (Fsp3) is 0.407. The summed E-state index contributed by atoms with van der Waals surface area (Å²) in [7, 11) is 0.0287. The molecular weight excluding hydrogens is 448 g/mol. The number of nitrogens with one attached hydrogen (secondary N) is 1. The molecule has 1 N–H and O–H groups in total. The lowest BCUT2D eigenvalue weighted by atomic mass is 9.99. The Hall–Kier alpha value is -2.77. The van der Waals surface area contributed by atoms with Crippen LogP contribution in [0.15, 0.2) is 59.5 Å². The zero-order valence-corrected chi connectivity index (χ0v) is 21.0. The van der Waals surface area contributed by atoms with E-state index in [0.717, 1.165) is 42.2 Å². The van der Waals surface area contributed by atoms with Gasteiger partial charge in [0.15, 0.2) is 9.84 Å². The topological polar surface area (TPSA) is 71.6 Å². The smallest absolute Gasteiger partial charge is 0.178 e. The molecule has 0 spiro atoms. The molecule has 0 aliphatic carbocycles. The summed E-state index contributed by atoms with van der Waals surface area (Å²) in [6, 6.07) is 17.7. The van der Waals surface area contributed by atoms with Gasteiger partial charge in [-0.05, 0) is 55.8 Å². The first-order chi connectivity index (χ1) is 16.5. The molecule has 0 radical (unpaired) electrons. The SMILES string of the molecule is CCS(=O)(=O)c1ccc(OC)c(-c2ccc(CN3CCCCCC3c3ccccc3OC)[nH]2)c1. The molecule has 7 heteroatoms. The fourth-order valence-electron chi connectivity index (χ4n) is 4.82. The van der Waals surface area contributed by atoms with E-state index in [4.69, 9.17) is 9.47 Å². The summed E-state index contributed by atoms with van der Waals surface area (Å²) in [5.74, 6) is 1.64. The zero-order chi connectivity index (χ0) is 24.1. The molecular formula is C27H34N2O4S. The number of hydrogen-bond acceptors (Lipinski definition) is 5. The first-order valence-electron chi connectivity index (χ1n) is 11.9. The van der Waals surface area contributed by atoms with E-state index >= 15 is 0 Å². The quantitative estimate of drug-likeness (QED) is 0.452. The highest BCUT2D eigenvalue weighted by molar-refractivity contribution is 7.91. The van der Waals surface area contributed by atoms with E-state index in [-0.39, 0.29) is 11.8 Å². The molecule has 2 aromatic carbocycles. The lowest BCUT2D eigenvalue weighted by Gasteiger charge is -2.31. The Morgan fingerprint density at radius 2 is 1.76 bits per heavy atom. The molecule has 1 fully saturated rings. The second-order valence-corrected chi connectivity index (χ2v) is 11.0. The summed E-state index contributed by atoms with van der Waals surface area (Å²) < 4.78 is 36.1. The van der Waals surface area contributed by atoms with Gasteiger partial charge >= 0.3 is 0 Å². The van der Waals surface area contributed by atoms with Crippen molar-refractivity contribution in [3.05, 3.63) is 65.9 Å². The number of sulfone groups is 1. The first-order valence-corrected chi connectivity index (χ1v) is 13.6. The number of likely N-dealkylation sites (tertiary alicyclic amines) is 1. The van der Waals surface area contributed by atoms with E-state index in [0.29, 0.717) is 10.6 Å². The van der Waals surface area contributed by atoms with Crippen molar-refractivity contribution in [1.82, 2.24) is 9.88 Å². The average molecular weight is 483 g/mol. The minimum Gasteiger partial charge on any atom is -0.496 e. The second kappa shape index (κ2) is 10.7. The van der Waals surface area contributed by atoms with Gasteiger partial charge in [-0.2, -0.15) is 0 Å². The number of ether oxygens (including phenoxy) is 2. The molecule has 1 aliphatic heterocycles. The Balaban J connectivity index is 1.63. The third kappa shape index (κ3) is 5.15. The van der Waals surface area contributed by atoms with Crippen molar-refractivity contribution in [3.8, 4) is 22.8 Å². The summed E-state index contributed by atoms with van der Waals surface area (Å²) >= 11 is 0. The minimum absolute atomic E-state index is 0.0635. The van der Waals surface area contributed by atoms with Crippen LogP contribution in [0, 0.1) is 0 Å².